The van der Waals surface area contributed by atoms with E-state index in [0.29, 0.717) is 43.7 Å². The van der Waals surface area contributed by atoms with Crippen LogP contribution in [0, 0.1) is 12.7 Å². The second-order valence-corrected chi connectivity index (χ2v) is 7.96. The molecule has 29 heavy (non-hydrogen) atoms. The Morgan fingerprint density at radius 3 is 2.55 bits per heavy atom. The molecule has 0 unspecified atom stereocenters. The Bertz CT molecular complexity index is 860. The third kappa shape index (κ3) is 4.83. The molecule has 2 heterocycles. The van der Waals surface area contributed by atoms with Crippen LogP contribution in [0.4, 0.5) is 16.2 Å². The first-order valence-corrected chi connectivity index (χ1v) is 10.5. The van der Waals surface area contributed by atoms with Gasteiger partial charge in [0.25, 0.3) is 5.91 Å². The van der Waals surface area contributed by atoms with Gasteiger partial charge >= 0.3 is 0 Å². The minimum absolute atomic E-state index is 0.123. The Balaban J connectivity index is 1.39. The fourth-order valence-electron chi connectivity index (χ4n) is 4.15. The standard InChI is InChI=1S/C22H28FN5O/c1-16-14-20(26-22(24-16)25-19-8-3-2-4-9-19)27-10-12-28(13-11-27)21(29)17-6-5-7-18(23)15-17/h5-7,14-15,19H,2-4,8-13H2,1H3,(H,24,25,26). The largest absolute Gasteiger partial charge is 0.353 e. The maximum absolute atomic E-state index is 13.4. The van der Waals surface area contributed by atoms with Crippen molar-refractivity contribution in [2.75, 3.05) is 36.4 Å². The fraction of sp³-hybridized carbons (Fsp3) is 0.500. The van der Waals surface area contributed by atoms with Gasteiger partial charge in [0, 0.05) is 49.5 Å². The van der Waals surface area contributed by atoms with E-state index < -0.39 is 0 Å². The van der Waals surface area contributed by atoms with E-state index >= 15 is 0 Å². The molecular formula is C22H28FN5O. The normalized spacial score (nSPS) is 18.0. The lowest BCUT2D eigenvalue weighted by Gasteiger charge is -2.35. The van der Waals surface area contributed by atoms with Gasteiger partial charge < -0.3 is 15.1 Å². The van der Waals surface area contributed by atoms with E-state index in [2.05, 4.69) is 15.2 Å². The van der Waals surface area contributed by atoms with Crippen molar-refractivity contribution >= 4 is 17.7 Å². The van der Waals surface area contributed by atoms with Crippen LogP contribution in [-0.2, 0) is 0 Å². The molecule has 4 rings (SSSR count). The first-order chi connectivity index (χ1) is 14.1. The zero-order chi connectivity index (χ0) is 20.2. The van der Waals surface area contributed by atoms with Crippen LogP contribution in [0.15, 0.2) is 30.3 Å². The number of nitrogens with one attached hydrogen (secondary N) is 1. The van der Waals surface area contributed by atoms with E-state index in [1.54, 1.807) is 17.0 Å². The molecule has 6 nitrogen and oxygen atoms in total. The molecule has 0 atom stereocenters. The topological polar surface area (TPSA) is 61.4 Å². The molecule has 2 aliphatic rings. The second kappa shape index (κ2) is 8.76. The van der Waals surface area contributed by atoms with E-state index in [-0.39, 0.29) is 11.7 Å². The number of halogens is 1. The molecule has 2 aromatic rings. The Morgan fingerprint density at radius 2 is 1.83 bits per heavy atom. The number of benzene rings is 1. The van der Waals surface area contributed by atoms with Crippen molar-refractivity contribution in [2.24, 2.45) is 0 Å². The van der Waals surface area contributed by atoms with Crippen LogP contribution in [0.5, 0.6) is 0 Å². The summed E-state index contributed by atoms with van der Waals surface area (Å²) in [5, 5.41) is 3.51. The van der Waals surface area contributed by atoms with Crippen LogP contribution in [0.2, 0.25) is 0 Å². The van der Waals surface area contributed by atoms with Crippen molar-refractivity contribution in [3.8, 4) is 0 Å². The fourth-order valence-corrected chi connectivity index (χ4v) is 4.15. The minimum atomic E-state index is -0.385. The molecule has 7 heteroatoms. The average Bonchev–Trinajstić information content (AvgIpc) is 2.74. The molecule has 1 saturated heterocycles. The number of anilines is 2. The Morgan fingerprint density at radius 1 is 1.07 bits per heavy atom. The molecule has 1 saturated carbocycles. The molecular weight excluding hydrogens is 369 g/mol. The molecule has 1 aliphatic carbocycles. The van der Waals surface area contributed by atoms with Crippen LogP contribution in [0.3, 0.4) is 0 Å². The lowest BCUT2D eigenvalue weighted by molar-refractivity contribution is 0.0746. The Kier molecular flexibility index (Phi) is 5.92. The number of piperazine rings is 1. The zero-order valence-electron chi connectivity index (χ0n) is 16.9. The third-order valence-corrected chi connectivity index (χ3v) is 5.74. The van der Waals surface area contributed by atoms with Crippen LogP contribution in [0.1, 0.15) is 48.2 Å². The lowest BCUT2D eigenvalue weighted by Crippen LogP contribution is -2.49. The van der Waals surface area contributed by atoms with Crippen molar-refractivity contribution < 1.29 is 9.18 Å². The maximum atomic E-state index is 13.4. The quantitative estimate of drug-likeness (QED) is 0.854. The summed E-state index contributed by atoms with van der Waals surface area (Å²) in [6.45, 7) is 4.55. The highest BCUT2D eigenvalue weighted by atomic mass is 19.1. The summed E-state index contributed by atoms with van der Waals surface area (Å²) in [5.74, 6) is 1.09. The van der Waals surface area contributed by atoms with Crippen LogP contribution >= 0.6 is 0 Å². The number of hydrogen-bond donors (Lipinski definition) is 1. The van der Waals surface area contributed by atoms with E-state index in [1.807, 2.05) is 13.0 Å². The number of carbonyl (C=O) groups excluding carboxylic acids is 1. The van der Waals surface area contributed by atoms with E-state index in [1.165, 1.54) is 44.2 Å². The third-order valence-electron chi connectivity index (χ3n) is 5.74. The van der Waals surface area contributed by atoms with Crippen molar-refractivity contribution in [3.63, 3.8) is 0 Å². The SMILES string of the molecule is Cc1cc(N2CCN(C(=O)c3cccc(F)c3)CC2)nc(NC2CCCCC2)n1. The number of aryl methyl sites for hydroxylation is 1. The smallest absolute Gasteiger partial charge is 0.254 e. The van der Waals surface area contributed by atoms with E-state index in [4.69, 9.17) is 4.98 Å². The summed E-state index contributed by atoms with van der Waals surface area (Å²) < 4.78 is 13.4. The molecule has 154 valence electrons. The molecule has 1 aromatic heterocycles. The second-order valence-electron chi connectivity index (χ2n) is 7.96. The van der Waals surface area contributed by atoms with Gasteiger partial charge in [-0.25, -0.2) is 9.37 Å². The van der Waals surface area contributed by atoms with Crippen LogP contribution in [-0.4, -0.2) is 53.0 Å². The molecule has 1 aromatic carbocycles. The number of rotatable bonds is 4. The van der Waals surface area contributed by atoms with Gasteiger partial charge in [0.2, 0.25) is 5.95 Å². The summed E-state index contributed by atoms with van der Waals surface area (Å²) in [6.07, 6.45) is 6.19. The molecule has 1 amide bonds. The van der Waals surface area contributed by atoms with Gasteiger partial charge in [-0.3, -0.25) is 4.79 Å². The van der Waals surface area contributed by atoms with E-state index in [9.17, 15) is 9.18 Å². The summed E-state index contributed by atoms with van der Waals surface area (Å²) in [4.78, 5) is 25.9. The highest BCUT2D eigenvalue weighted by Gasteiger charge is 2.24. The number of carbonyl (C=O) groups is 1. The van der Waals surface area contributed by atoms with Crippen molar-refractivity contribution in [1.29, 1.82) is 0 Å². The average molecular weight is 397 g/mol. The van der Waals surface area contributed by atoms with Gasteiger partial charge in [0.1, 0.15) is 11.6 Å². The van der Waals surface area contributed by atoms with Crippen molar-refractivity contribution in [2.45, 2.75) is 45.1 Å². The van der Waals surface area contributed by atoms with Gasteiger partial charge in [-0.05, 0) is 38.0 Å². The number of nitrogens with zero attached hydrogens (tertiary/aromatic N) is 4. The number of aromatic nitrogens is 2. The van der Waals surface area contributed by atoms with Crippen LogP contribution < -0.4 is 10.2 Å². The summed E-state index contributed by atoms with van der Waals surface area (Å²) in [7, 11) is 0. The minimum Gasteiger partial charge on any atom is -0.353 e. The zero-order valence-corrected chi connectivity index (χ0v) is 16.9. The molecule has 0 bridgehead atoms. The highest BCUT2D eigenvalue weighted by Crippen LogP contribution is 2.22. The summed E-state index contributed by atoms with van der Waals surface area (Å²) in [6, 6.07) is 8.34. The number of hydrogen-bond acceptors (Lipinski definition) is 5. The van der Waals surface area contributed by atoms with Gasteiger partial charge in [-0.15, -0.1) is 0 Å². The molecule has 2 fully saturated rings. The summed E-state index contributed by atoms with van der Waals surface area (Å²) >= 11 is 0. The predicted octanol–water partition coefficient (Wildman–Crippen LogP) is 3.63. The van der Waals surface area contributed by atoms with Crippen molar-refractivity contribution in [1.82, 2.24) is 14.9 Å². The van der Waals surface area contributed by atoms with E-state index in [0.717, 1.165) is 11.5 Å². The Hall–Kier alpha value is -2.70. The first kappa shape index (κ1) is 19.6. The van der Waals surface area contributed by atoms with Gasteiger partial charge in [-0.1, -0.05) is 25.3 Å². The lowest BCUT2D eigenvalue weighted by atomic mass is 9.96. The van der Waals surface area contributed by atoms with Gasteiger partial charge in [0.05, 0.1) is 0 Å². The van der Waals surface area contributed by atoms with Crippen molar-refractivity contribution in [3.05, 3.63) is 47.4 Å². The van der Waals surface area contributed by atoms with Gasteiger partial charge in [-0.2, -0.15) is 4.98 Å². The monoisotopic (exact) mass is 397 g/mol. The molecule has 1 N–H and O–H groups in total. The van der Waals surface area contributed by atoms with Crippen LogP contribution in [0.25, 0.3) is 0 Å². The summed E-state index contributed by atoms with van der Waals surface area (Å²) in [5.41, 5.74) is 1.34. The highest BCUT2D eigenvalue weighted by molar-refractivity contribution is 5.94. The molecule has 0 radical (unpaired) electrons. The predicted molar refractivity (Wildman–Crippen MR) is 112 cm³/mol. The number of amides is 1. The maximum Gasteiger partial charge on any atom is 0.254 e. The Labute approximate surface area is 171 Å². The molecule has 0 spiro atoms. The van der Waals surface area contributed by atoms with Gasteiger partial charge in [0.15, 0.2) is 0 Å². The molecule has 1 aliphatic heterocycles. The first-order valence-electron chi connectivity index (χ1n) is 10.5.